The van der Waals surface area contributed by atoms with E-state index in [2.05, 4.69) is 15.1 Å². The van der Waals surface area contributed by atoms with E-state index < -0.39 is 11.1 Å². The predicted molar refractivity (Wildman–Crippen MR) is 113 cm³/mol. The fourth-order valence-electron chi connectivity index (χ4n) is 3.37. The molecule has 0 unspecified atom stereocenters. The number of hydrogen-bond donors (Lipinski definition) is 1. The van der Waals surface area contributed by atoms with Crippen LogP contribution in [-0.4, -0.2) is 26.8 Å². The third-order valence-corrected chi connectivity index (χ3v) is 4.74. The molecule has 0 spiro atoms. The zero-order valence-electron chi connectivity index (χ0n) is 17.0. The van der Waals surface area contributed by atoms with Crippen molar-refractivity contribution in [2.24, 2.45) is 5.92 Å². The number of aromatic amines is 1. The molecule has 8 nitrogen and oxygen atoms in total. The van der Waals surface area contributed by atoms with E-state index in [9.17, 15) is 9.59 Å². The Morgan fingerprint density at radius 1 is 1.17 bits per heavy atom. The van der Waals surface area contributed by atoms with Gasteiger partial charge in [0.2, 0.25) is 11.7 Å². The summed E-state index contributed by atoms with van der Waals surface area (Å²) in [4.78, 5) is 31.5. The van der Waals surface area contributed by atoms with Crippen molar-refractivity contribution in [3.05, 3.63) is 74.6 Å². The number of hydrogen-bond acceptors (Lipinski definition) is 6. The number of benzene rings is 2. The molecule has 2 aromatic carbocycles. The number of aromatic nitrogens is 4. The van der Waals surface area contributed by atoms with Crippen molar-refractivity contribution in [3.8, 4) is 17.1 Å². The summed E-state index contributed by atoms with van der Waals surface area (Å²) in [6.07, 6.45) is 0.475. The van der Waals surface area contributed by atoms with Gasteiger partial charge in [-0.3, -0.25) is 9.59 Å². The van der Waals surface area contributed by atoms with E-state index in [1.54, 1.807) is 19.2 Å². The van der Waals surface area contributed by atoms with Crippen LogP contribution in [0.15, 0.2) is 56.6 Å². The second-order valence-electron chi connectivity index (χ2n) is 7.54. The molecule has 0 amide bonds. The minimum Gasteiger partial charge on any atom is -0.497 e. The molecule has 0 aliphatic heterocycles. The molecule has 0 aliphatic rings. The van der Waals surface area contributed by atoms with Gasteiger partial charge in [0.1, 0.15) is 5.75 Å². The first-order chi connectivity index (χ1) is 14.4. The molecule has 0 atom stereocenters. The van der Waals surface area contributed by atoms with Crippen LogP contribution in [-0.2, 0) is 13.0 Å². The van der Waals surface area contributed by atoms with E-state index in [1.807, 2.05) is 44.2 Å². The molecule has 2 heterocycles. The fraction of sp³-hybridized carbons (Fsp3) is 0.273. The predicted octanol–water partition coefficient (Wildman–Crippen LogP) is 3.00. The Morgan fingerprint density at radius 3 is 2.77 bits per heavy atom. The third-order valence-electron chi connectivity index (χ3n) is 4.74. The average molecular weight is 406 g/mol. The lowest BCUT2D eigenvalue weighted by atomic mass is 10.1. The Morgan fingerprint density at radius 2 is 2.00 bits per heavy atom. The zero-order chi connectivity index (χ0) is 21.3. The molecular formula is C22H22N4O4. The Kier molecular flexibility index (Phi) is 5.22. The molecule has 0 fully saturated rings. The van der Waals surface area contributed by atoms with Gasteiger partial charge in [-0.2, -0.15) is 4.98 Å². The zero-order valence-corrected chi connectivity index (χ0v) is 17.0. The number of H-pyrrole nitrogens is 1. The third kappa shape index (κ3) is 3.89. The molecule has 30 heavy (non-hydrogen) atoms. The molecule has 0 saturated heterocycles. The van der Waals surface area contributed by atoms with Crippen LogP contribution in [0, 0.1) is 5.92 Å². The van der Waals surface area contributed by atoms with Crippen molar-refractivity contribution in [2.75, 3.05) is 7.11 Å². The molecule has 0 bridgehead atoms. The highest BCUT2D eigenvalue weighted by Gasteiger charge is 2.13. The summed E-state index contributed by atoms with van der Waals surface area (Å²) < 4.78 is 12.1. The molecule has 4 rings (SSSR count). The van der Waals surface area contributed by atoms with E-state index in [-0.39, 0.29) is 5.92 Å². The van der Waals surface area contributed by atoms with Crippen LogP contribution in [0.4, 0.5) is 0 Å². The van der Waals surface area contributed by atoms with Gasteiger partial charge < -0.3 is 18.8 Å². The molecular weight excluding hydrogens is 384 g/mol. The summed E-state index contributed by atoms with van der Waals surface area (Å²) in [6, 6.07) is 13.0. The van der Waals surface area contributed by atoms with E-state index in [0.717, 1.165) is 11.3 Å². The number of methoxy groups -OCH3 is 1. The molecule has 1 N–H and O–H groups in total. The molecule has 0 aliphatic carbocycles. The van der Waals surface area contributed by atoms with Crippen molar-refractivity contribution < 1.29 is 9.26 Å². The van der Waals surface area contributed by atoms with Gasteiger partial charge >= 0.3 is 11.1 Å². The van der Waals surface area contributed by atoms with Crippen LogP contribution >= 0.6 is 0 Å². The molecule has 8 heteroatoms. The van der Waals surface area contributed by atoms with Crippen molar-refractivity contribution in [1.82, 2.24) is 19.7 Å². The maximum Gasteiger partial charge on any atom is 0.316 e. The van der Waals surface area contributed by atoms with Gasteiger partial charge in [-0.15, -0.1) is 0 Å². The Balaban J connectivity index is 1.68. The largest absolute Gasteiger partial charge is 0.497 e. The Bertz CT molecular complexity index is 1320. The maximum absolute atomic E-state index is 12.3. The summed E-state index contributed by atoms with van der Waals surface area (Å²) in [7, 11) is 1.62. The summed E-state index contributed by atoms with van der Waals surface area (Å²) in [6.45, 7) is 4.46. The van der Waals surface area contributed by atoms with Crippen molar-refractivity contribution >= 4 is 11.0 Å². The SMILES string of the molecule is COc1cccc(Cc2nc(-c3ccc4c(c3)[nH]c(=O)c(=O)n4CC(C)C)no2)c1. The Labute approximate surface area is 172 Å². The standard InChI is InChI=1S/C22H22N4O4/c1-13(2)12-26-18-8-7-15(11-17(18)23-21(27)22(26)28)20-24-19(30-25-20)10-14-5-4-6-16(9-14)29-3/h4-9,11,13H,10,12H2,1-3H3,(H,23,27). The topological polar surface area (TPSA) is 103 Å². The van der Waals surface area contributed by atoms with E-state index in [4.69, 9.17) is 9.26 Å². The van der Waals surface area contributed by atoms with Crippen LogP contribution in [0.3, 0.4) is 0 Å². The maximum atomic E-state index is 12.3. The first kappa shape index (κ1) is 19.6. The van der Waals surface area contributed by atoms with Crippen molar-refractivity contribution in [1.29, 1.82) is 0 Å². The first-order valence-electron chi connectivity index (χ1n) is 9.67. The number of rotatable bonds is 6. The van der Waals surface area contributed by atoms with Gasteiger partial charge in [0.05, 0.1) is 24.6 Å². The van der Waals surface area contributed by atoms with Gasteiger partial charge in [0.15, 0.2) is 0 Å². The second-order valence-corrected chi connectivity index (χ2v) is 7.54. The van der Waals surface area contributed by atoms with Crippen LogP contribution in [0.2, 0.25) is 0 Å². The van der Waals surface area contributed by atoms with Crippen molar-refractivity contribution in [2.45, 2.75) is 26.8 Å². The van der Waals surface area contributed by atoms with Gasteiger partial charge in [-0.05, 0) is 41.8 Å². The highest BCUT2D eigenvalue weighted by atomic mass is 16.5. The summed E-state index contributed by atoms with van der Waals surface area (Å²) in [5.41, 5.74) is 1.70. The van der Waals surface area contributed by atoms with Gasteiger partial charge in [-0.1, -0.05) is 31.1 Å². The molecule has 4 aromatic rings. The minimum atomic E-state index is -0.646. The summed E-state index contributed by atoms with van der Waals surface area (Å²) in [5.74, 6) is 1.87. The fourth-order valence-corrected chi connectivity index (χ4v) is 3.37. The lowest BCUT2D eigenvalue weighted by Gasteiger charge is -2.12. The molecule has 0 saturated carbocycles. The molecule has 0 radical (unpaired) electrons. The lowest BCUT2D eigenvalue weighted by Crippen LogP contribution is -2.37. The Hall–Kier alpha value is -3.68. The van der Waals surface area contributed by atoms with Crippen molar-refractivity contribution in [3.63, 3.8) is 0 Å². The normalized spacial score (nSPS) is 11.3. The molecule has 154 valence electrons. The smallest absolute Gasteiger partial charge is 0.316 e. The van der Waals surface area contributed by atoms with Gasteiger partial charge in [0.25, 0.3) is 0 Å². The summed E-state index contributed by atoms with van der Waals surface area (Å²) >= 11 is 0. The number of nitrogens with zero attached hydrogens (tertiary/aromatic N) is 3. The van der Waals surface area contributed by atoms with Crippen LogP contribution in [0.5, 0.6) is 5.75 Å². The number of ether oxygens (including phenoxy) is 1. The van der Waals surface area contributed by atoms with Gasteiger partial charge in [-0.25, -0.2) is 0 Å². The van der Waals surface area contributed by atoms with Crippen LogP contribution < -0.4 is 15.9 Å². The van der Waals surface area contributed by atoms with Crippen LogP contribution in [0.25, 0.3) is 22.4 Å². The monoisotopic (exact) mass is 406 g/mol. The average Bonchev–Trinajstić information content (AvgIpc) is 3.19. The number of nitrogens with one attached hydrogen (secondary N) is 1. The second kappa shape index (κ2) is 7.98. The quantitative estimate of drug-likeness (QED) is 0.494. The minimum absolute atomic E-state index is 0.226. The first-order valence-corrected chi connectivity index (χ1v) is 9.67. The lowest BCUT2D eigenvalue weighted by molar-refractivity contribution is 0.385. The summed E-state index contributed by atoms with van der Waals surface area (Å²) in [5, 5.41) is 4.06. The van der Waals surface area contributed by atoms with E-state index >= 15 is 0 Å². The van der Waals surface area contributed by atoms with E-state index in [0.29, 0.717) is 41.3 Å². The highest BCUT2D eigenvalue weighted by molar-refractivity contribution is 5.80. The highest BCUT2D eigenvalue weighted by Crippen LogP contribution is 2.22. The molecule has 2 aromatic heterocycles. The number of fused-ring (bicyclic) bond motifs is 1. The van der Waals surface area contributed by atoms with Crippen LogP contribution in [0.1, 0.15) is 25.3 Å². The van der Waals surface area contributed by atoms with Gasteiger partial charge in [0, 0.05) is 12.1 Å². The van der Waals surface area contributed by atoms with E-state index in [1.165, 1.54) is 4.57 Å².